The van der Waals surface area contributed by atoms with E-state index in [0.29, 0.717) is 6.42 Å². The molecule has 2 rings (SSSR count). The van der Waals surface area contributed by atoms with E-state index in [1.165, 1.54) is 0 Å². The minimum Gasteiger partial charge on any atom is -0.480 e. The van der Waals surface area contributed by atoms with Crippen molar-refractivity contribution < 1.29 is 24.3 Å². The fourth-order valence-electron chi connectivity index (χ4n) is 2.09. The number of carboxylic acid groups (broad SMARTS) is 1. The number of rotatable bonds is 2. The van der Waals surface area contributed by atoms with Gasteiger partial charge in [-0.05, 0) is 6.42 Å². The molecule has 8 nitrogen and oxygen atoms in total. The summed E-state index contributed by atoms with van der Waals surface area (Å²) in [7, 11) is 0. The Kier molecular flexibility index (Phi) is 3.17. The predicted molar refractivity (Wildman–Crippen MR) is 57.3 cm³/mol. The molecule has 0 aromatic heterocycles. The van der Waals surface area contributed by atoms with E-state index in [0.717, 1.165) is 4.90 Å². The zero-order chi connectivity index (χ0) is 13.3. The maximum Gasteiger partial charge on any atom is 0.328 e. The van der Waals surface area contributed by atoms with Crippen molar-refractivity contribution in [2.45, 2.75) is 24.9 Å². The first-order valence-electron chi connectivity index (χ1n) is 5.58. The van der Waals surface area contributed by atoms with Crippen LogP contribution in [-0.4, -0.2) is 58.9 Å². The van der Waals surface area contributed by atoms with Crippen molar-refractivity contribution in [3.05, 3.63) is 0 Å². The quantitative estimate of drug-likeness (QED) is 0.512. The summed E-state index contributed by atoms with van der Waals surface area (Å²) in [5, 5.41) is 13.9. The highest BCUT2D eigenvalue weighted by molar-refractivity contribution is 5.96. The average molecular weight is 255 g/mol. The zero-order valence-electron chi connectivity index (χ0n) is 9.51. The molecule has 2 heterocycles. The second kappa shape index (κ2) is 4.63. The number of carboxylic acids is 1. The first-order valence-corrected chi connectivity index (χ1v) is 5.58. The van der Waals surface area contributed by atoms with E-state index >= 15 is 0 Å². The number of aliphatic carboxylic acids is 1. The van der Waals surface area contributed by atoms with Crippen molar-refractivity contribution in [1.29, 1.82) is 0 Å². The fourth-order valence-corrected chi connectivity index (χ4v) is 2.09. The van der Waals surface area contributed by atoms with E-state index in [4.69, 9.17) is 5.11 Å². The number of hydrogen-bond acceptors (Lipinski definition) is 4. The SMILES string of the molecule is O=C1CN(C(=O)[C@H]2CCC(=O)N2)C(C(=O)O)CN1. The van der Waals surface area contributed by atoms with Crippen LogP contribution in [0.3, 0.4) is 0 Å². The van der Waals surface area contributed by atoms with Crippen LogP contribution in [0.2, 0.25) is 0 Å². The molecule has 0 saturated carbocycles. The molecule has 2 saturated heterocycles. The van der Waals surface area contributed by atoms with Gasteiger partial charge in [0, 0.05) is 13.0 Å². The Morgan fingerprint density at radius 2 is 2.00 bits per heavy atom. The van der Waals surface area contributed by atoms with Crippen LogP contribution in [-0.2, 0) is 19.2 Å². The van der Waals surface area contributed by atoms with Gasteiger partial charge < -0.3 is 20.6 Å². The predicted octanol–water partition coefficient (Wildman–Crippen LogP) is -2.32. The van der Waals surface area contributed by atoms with E-state index in [9.17, 15) is 19.2 Å². The number of piperazine rings is 1. The first-order chi connectivity index (χ1) is 8.49. The van der Waals surface area contributed by atoms with Gasteiger partial charge in [0.15, 0.2) is 0 Å². The topological polar surface area (TPSA) is 116 Å². The summed E-state index contributed by atoms with van der Waals surface area (Å²) in [6.07, 6.45) is 0.580. The molecule has 0 radical (unpaired) electrons. The number of carbonyl (C=O) groups excluding carboxylic acids is 3. The molecule has 0 aromatic rings. The van der Waals surface area contributed by atoms with Crippen molar-refractivity contribution in [2.24, 2.45) is 0 Å². The van der Waals surface area contributed by atoms with E-state index in [1.54, 1.807) is 0 Å². The van der Waals surface area contributed by atoms with Crippen molar-refractivity contribution in [2.75, 3.05) is 13.1 Å². The first kappa shape index (κ1) is 12.3. The molecule has 0 bridgehead atoms. The molecule has 98 valence electrons. The molecule has 3 amide bonds. The van der Waals surface area contributed by atoms with Crippen LogP contribution in [0.15, 0.2) is 0 Å². The summed E-state index contributed by atoms with van der Waals surface area (Å²) in [6, 6.07) is -1.79. The van der Waals surface area contributed by atoms with Crippen LogP contribution >= 0.6 is 0 Å². The van der Waals surface area contributed by atoms with Crippen molar-refractivity contribution in [1.82, 2.24) is 15.5 Å². The Morgan fingerprint density at radius 1 is 1.28 bits per heavy atom. The maximum absolute atomic E-state index is 12.1. The van der Waals surface area contributed by atoms with Crippen LogP contribution in [0.25, 0.3) is 0 Å². The number of nitrogens with zero attached hydrogens (tertiary/aromatic N) is 1. The van der Waals surface area contributed by atoms with E-state index in [1.807, 2.05) is 0 Å². The molecule has 2 aliphatic heterocycles. The number of carbonyl (C=O) groups is 4. The summed E-state index contributed by atoms with van der Waals surface area (Å²) in [5.41, 5.74) is 0. The highest BCUT2D eigenvalue weighted by Crippen LogP contribution is 2.13. The van der Waals surface area contributed by atoms with Crippen molar-refractivity contribution >= 4 is 23.7 Å². The van der Waals surface area contributed by atoms with Crippen LogP contribution in [0.4, 0.5) is 0 Å². The molecule has 2 fully saturated rings. The van der Waals surface area contributed by atoms with Crippen LogP contribution < -0.4 is 10.6 Å². The van der Waals surface area contributed by atoms with Gasteiger partial charge in [0.1, 0.15) is 18.6 Å². The largest absolute Gasteiger partial charge is 0.480 e. The molecule has 18 heavy (non-hydrogen) atoms. The second-order valence-electron chi connectivity index (χ2n) is 4.28. The van der Waals surface area contributed by atoms with Gasteiger partial charge in [0.05, 0.1) is 0 Å². The second-order valence-corrected chi connectivity index (χ2v) is 4.28. The zero-order valence-corrected chi connectivity index (χ0v) is 9.51. The lowest BCUT2D eigenvalue weighted by atomic mass is 10.1. The highest BCUT2D eigenvalue weighted by Gasteiger charge is 2.39. The molecule has 2 aliphatic rings. The molecular weight excluding hydrogens is 242 g/mol. The van der Waals surface area contributed by atoms with Gasteiger partial charge >= 0.3 is 5.97 Å². The van der Waals surface area contributed by atoms with Gasteiger partial charge in [-0.15, -0.1) is 0 Å². The van der Waals surface area contributed by atoms with E-state index in [2.05, 4.69) is 10.6 Å². The Morgan fingerprint density at radius 3 is 2.56 bits per heavy atom. The Bertz CT molecular complexity index is 422. The van der Waals surface area contributed by atoms with Gasteiger partial charge in [0.2, 0.25) is 17.7 Å². The Labute approximate surface area is 102 Å². The van der Waals surface area contributed by atoms with Gasteiger partial charge in [-0.3, -0.25) is 14.4 Å². The maximum atomic E-state index is 12.1. The van der Waals surface area contributed by atoms with Gasteiger partial charge in [-0.25, -0.2) is 4.79 Å². The van der Waals surface area contributed by atoms with E-state index < -0.39 is 29.9 Å². The third-order valence-corrected chi connectivity index (χ3v) is 3.04. The molecular formula is C10H13N3O5. The third-order valence-electron chi connectivity index (χ3n) is 3.04. The highest BCUT2D eigenvalue weighted by atomic mass is 16.4. The smallest absolute Gasteiger partial charge is 0.328 e. The minimum absolute atomic E-state index is 0.111. The standard InChI is InChI=1S/C10H13N3O5/c14-7-2-1-5(12-7)9(16)13-4-8(15)11-3-6(13)10(17)18/h5-6H,1-4H2,(H,11,15)(H,12,14)(H,17,18)/t5-,6?/m1/s1. The van der Waals surface area contributed by atoms with E-state index in [-0.39, 0.29) is 25.4 Å². The Hall–Kier alpha value is -2.12. The molecule has 8 heteroatoms. The fraction of sp³-hybridized carbons (Fsp3) is 0.600. The van der Waals surface area contributed by atoms with Gasteiger partial charge in [-0.2, -0.15) is 0 Å². The number of hydrogen-bond donors (Lipinski definition) is 3. The average Bonchev–Trinajstić information content (AvgIpc) is 2.74. The van der Waals surface area contributed by atoms with Gasteiger partial charge in [-0.1, -0.05) is 0 Å². The molecule has 0 aromatic carbocycles. The van der Waals surface area contributed by atoms with Gasteiger partial charge in [0.25, 0.3) is 0 Å². The molecule has 0 spiro atoms. The number of amides is 3. The van der Waals surface area contributed by atoms with Crippen LogP contribution in [0, 0.1) is 0 Å². The molecule has 1 unspecified atom stereocenters. The van der Waals surface area contributed by atoms with Crippen LogP contribution in [0.5, 0.6) is 0 Å². The lowest BCUT2D eigenvalue weighted by molar-refractivity contribution is -0.154. The lowest BCUT2D eigenvalue weighted by Gasteiger charge is -2.34. The third kappa shape index (κ3) is 2.27. The summed E-state index contributed by atoms with van der Waals surface area (Å²) >= 11 is 0. The molecule has 2 atom stereocenters. The molecule has 0 aliphatic carbocycles. The number of nitrogens with one attached hydrogen (secondary N) is 2. The van der Waals surface area contributed by atoms with Crippen molar-refractivity contribution in [3.8, 4) is 0 Å². The van der Waals surface area contributed by atoms with Crippen molar-refractivity contribution in [3.63, 3.8) is 0 Å². The lowest BCUT2D eigenvalue weighted by Crippen LogP contribution is -2.62. The summed E-state index contributed by atoms with van der Waals surface area (Å²) < 4.78 is 0. The van der Waals surface area contributed by atoms with Crippen LogP contribution in [0.1, 0.15) is 12.8 Å². The Balaban J connectivity index is 2.12. The summed E-state index contributed by atoms with van der Waals surface area (Å²) in [6.45, 7) is -0.400. The summed E-state index contributed by atoms with van der Waals surface area (Å²) in [5.74, 6) is -2.32. The summed E-state index contributed by atoms with van der Waals surface area (Å²) in [4.78, 5) is 46.4. The normalized spacial score (nSPS) is 27.7. The minimum atomic E-state index is -1.17. The monoisotopic (exact) mass is 255 g/mol. The molecule has 3 N–H and O–H groups in total.